The van der Waals surface area contributed by atoms with Crippen molar-refractivity contribution in [3.8, 4) is 0 Å². The van der Waals surface area contributed by atoms with E-state index in [4.69, 9.17) is 11.5 Å². The molecule has 0 aromatic rings. The first-order valence-electron chi connectivity index (χ1n) is 9.67. The Bertz CT molecular complexity index is 206. The maximum absolute atomic E-state index is 10.5. The quantitative estimate of drug-likeness (QED) is 0.402. The summed E-state index contributed by atoms with van der Waals surface area (Å²) in [5.74, 6) is -0.155. The first-order chi connectivity index (χ1) is 10.7. The summed E-state index contributed by atoms with van der Waals surface area (Å²) in [5.41, 5.74) is 10.1. The Morgan fingerprint density at radius 3 is 1.23 bits per heavy atom. The maximum atomic E-state index is 10.5. The van der Waals surface area contributed by atoms with Gasteiger partial charge >= 0.3 is 0 Å². The predicted molar refractivity (Wildman–Crippen MR) is 98.9 cm³/mol. The summed E-state index contributed by atoms with van der Waals surface area (Å²) in [7, 11) is 0. The van der Waals surface area contributed by atoms with E-state index in [1.54, 1.807) is 0 Å². The van der Waals surface area contributed by atoms with E-state index in [-0.39, 0.29) is 5.91 Å². The smallest absolute Gasteiger partial charge is 0.217 e. The van der Waals surface area contributed by atoms with Gasteiger partial charge in [0, 0.05) is 6.42 Å². The van der Waals surface area contributed by atoms with Crippen molar-refractivity contribution in [1.29, 1.82) is 0 Å². The number of hydrogen-bond donors (Lipinski definition) is 2. The lowest BCUT2D eigenvalue weighted by atomic mass is 10.0. The monoisotopic (exact) mass is 314 g/mol. The Balaban J connectivity index is 0. The largest absolute Gasteiger partial charge is 0.370 e. The molecule has 0 aliphatic carbocycles. The molecule has 0 saturated heterocycles. The van der Waals surface area contributed by atoms with Crippen LogP contribution >= 0.6 is 0 Å². The van der Waals surface area contributed by atoms with Gasteiger partial charge in [-0.3, -0.25) is 4.79 Å². The summed E-state index contributed by atoms with van der Waals surface area (Å²) in [6.07, 6.45) is 19.0. The Labute approximate surface area is 139 Å². The van der Waals surface area contributed by atoms with Crippen LogP contribution in [0.15, 0.2) is 0 Å². The van der Waals surface area contributed by atoms with Gasteiger partial charge in [0.2, 0.25) is 5.91 Å². The molecule has 0 saturated carbocycles. The van der Waals surface area contributed by atoms with Crippen LogP contribution in [-0.2, 0) is 4.79 Å². The van der Waals surface area contributed by atoms with Crippen LogP contribution in [-0.4, -0.2) is 12.5 Å². The van der Waals surface area contributed by atoms with E-state index < -0.39 is 0 Å². The zero-order valence-corrected chi connectivity index (χ0v) is 15.4. The van der Waals surface area contributed by atoms with Crippen molar-refractivity contribution in [2.24, 2.45) is 11.5 Å². The zero-order chi connectivity index (χ0) is 16.9. The average molecular weight is 315 g/mol. The molecule has 0 unspecified atom stereocenters. The van der Waals surface area contributed by atoms with Crippen LogP contribution in [0.25, 0.3) is 0 Å². The van der Waals surface area contributed by atoms with Crippen LogP contribution < -0.4 is 11.5 Å². The van der Waals surface area contributed by atoms with Crippen LogP contribution in [0.2, 0.25) is 0 Å². The van der Waals surface area contributed by atoms with E-state index in [1.807, 2.05) is 0 Å². The van der Waals surface area contributed by atoms with Crippen LogP contribution in [0.5, 0.6) is 0 Å². The van der Waals surface area contributed by atoms with Gasteiger partial charge in [-0.1, -0.05) is 90.9 Å². The number of carbonyl (C=O) groups is 1. The predicted octanol–water partition coefficient (Wildman–Crippen LogP) is 5.31. The second-order valence-corrected chi connectivity index (χ2v) is 6.25. The number of unbranched alkanes of at least 4 members (excludes halogenated alkanes) is 12. The van der Waals surface area contributed by atoms with Gasteiger partial charge in [-0.05, 0) is 19.4 Å². The van der Waals surface area contributed by atoms with Gasteiger partial charge in [0.25, 0.3) is 0 Å². The van der Waals surface area contributed by atoms with Crippen molar-refractivity contribution < 1.29 is 4.79 Å². The van der Waals surface area contributed by atoms with E-state index in [0.29, 0.717) is 6.42 Å². The third kappa shape index (κ3) is 27.7. The first-order valence-corrected chi connectivity index (χ1v) is 9.67. The fourth-order valence-corrected chi connectivity index (χ4v) is 2.32. The maximum Gasteiger partial charge on any atom is 0.217 e. The summed E-state index contributed by atoms with van der Waals surface area (Å²) < 4.78 is 0. The number of primary amides is 1. The van der Waals surface area contributed by atoms with E-state index in [1.165, 1.54) is 77.0 Å². The number of carbonyl (C=O) groups excluding carboxylic acids is 1. The summed E-state index contributed by atoms with van der Waals surface area (Å²) in [6, 6.07) is 0. The molecular formula is C19H42N2O. The molecule has 134 valence electrons. The average Bonchev–Trinajstić information content (AvgIpc) is 2.52. The molecule has 4 N–H and O–H groups in total. The van der Waals surface area contributed by atoms with Crippen LogP contribution in [0.4, 0.5) is 0 Å². The third-order valence-corrected chi connectivity index (χ3v) is 3.82. The van der Waals surface area contributed by atoms with Crippen molar-refractivity contribution in [1.82, 2.24) is 0 Å². The third-order valence-electron chi connectivity index (χ3n) is 3.82. The van der Waals surface area contributed by atoms with E-state index in [9.17, 15) is 4.79 Å². The first kappa shape index (κ1) is 23.7. The molecule has 0 bridgehead atoms. The Hall–Kier alpha value is -0.570. The van der Waals surface area contributed by atoms with Gasteiger partial charge in [0.1, 0.15) is 0 Å². The molecule has 0 aliphatic rings. The number of hydrogen-bond acceptors (Lipinski definition) is 2. The molecular weight excluding hydrogens is 272 g/mol. The number of nitrogens with two attached hydrogens (primary N) is 2. The second kappa shape index (κ2) is 22.7. The molecule has 0 atom stereocenters. The highest BCUT2D eigenvalue weighted by atomic mass is 16.1. The Kier molecular flexibility index (Phi) is 24.5. The fourth-order valence-electron chi connectivity index (χ4n) is 2.32. The Morgan fingerprint density at radius 2 is 0.955 bits per heavy atom. The highest BCUT2D eigenvalue weighted by Crippen LogP contribution is 2.12. The minimum atomic E-state index is -0.155. The molecule has 1 amide bonds. The lowest BCUT2D eigenvalue weighted by Crippen LogP contribution is -2.09. The van der Waals surface area contributed by atoms with Crippen molar-refractivity contribution in [3.63, 3.8) is 0 Å². The van der Waals surface area contributed by atoms with Crippen molar-refractivity contribution in [3.05, 3.63) is 0 Å². The van der Waals surface area contributed by atoms with Crippen molar-refractivity contribution >= 4 is 5.91 Å². The molecule has 22 heavy (non-hydrogen) atoms. The second-order valence-electron chi connectivity index (χ2n) is 6.25. The van der Waals surface area contributed by atoms with Gasteiger partial charge in [-0.15, -0.1) is 0 Å². The number of amides is 1. The van der Waals surface area contributed by atoms with E-state index in [2.05, 4.69) is 13.8 Å². The molecule has 0 aliphatic heterocycles. The lowest BCUT2D eigenvalue weighted by Gasteiger charge is -2.02. The normalized spacial score (nSPS) is 10.1. The molecule has 0 fully saturated rings. The van der Waals surface area contributed by atoms with Crippen molar-refractivity contribution in [2.45, 2.75) is 110 Å². The molecule has 0 aromatic carbocycles. The lowest BCUT2D eigenvalue weighted by molar-refractivity contribution is -0.118. The fraction of sp³-hybridized carbons (Fsp3) is 0.947. The SMILES string of the molecule is CCCCCCCCCCCCCCCC(N)=O.CCCN. The molecule has 0 rings (SSSR count). The molecule has 0 heterocycles. The standard InChI is InChI=1S/C16H33NO.C3H9N/c1-2-3-4-5-6-7-8-9-10-11-12-13-14-15-16(17)18;1-2-3-4/h2-15H2,1H3,(H2,17,18);2-4H2,1H3. The van der Waals surface area contributed by atoms with Crippen molar-refractivity contribution in [2.75, 3.05) is 6.54 Å². The van der Waals surface area contributed by atoms with Crippen LogP contribution in [0.1, 0.15) is 110 Å². The molecule has 3 heteroatoms. The Morgan fingerprint density at radius 1 is 0.636 bits per heavy atom. The summed E-state index contributed by atoms with van der Waals surface area (Å²) in [4.78, 5) is 10.5. The van der Waals surface area contributed by atoms with E-state index >= 15 is 0 Å². The van der Waals surface area contributed by atoms with Gasteiger partial charge < -0.3 is 11.5 Å². The highest BCUT2D eigenvalue weighted by molar-refractivity contribution is 5.73. The summed E-state index contributed by atoms with van der Waals surface area (Å²) in [6.45, 7) is 5.14. The number of rotatable bonds is 15. The molecule has 0 spiro atoms. The van der Waals surface area contributed by atoms with Gasteiger partial charge in [0.05, 0.1) is 0 Å². The molecule has 0 radical (unpaired) electrons. The topological polar surface area (TPSA) is 69.1 Å². The zero-order valence-electron chi connectivity index (χ0n) is 15.4. The minimum Gasteiger partial charge on any atom is -0.370 e. The van der Waals surface area contributed by atoms with E-state index in [0.717, 1.165) is 19.4 Å². The van der Waals surface area contributed by atoms with Gasteiger partial charge in [-0.25, -0.2) is 0 Å². The highest BCUT2D eigenvalue weighted by Gasteiger charge is 1.95. The van der Waals surface area contributed by atoms with Gasteiger partial charge in [0.15, 0.2) is 0 Å². The summed E-state index contributed by atoms with van der Waals surface area (Å²) in [5, 5.41) is 0. The minimum absolute atomic E-state index is 0.155. The summed E-state index contributed by atoms with van der Waals surface area (Å²) >= 11 is 0. The molecule has 3 nitrogen and oxygen atoms in total. The van der Waals surface area contributed by atoms with Crippen LogP contribution in [0, 0.1) is 0 Å². The van der Waals surface area contributed by atoms with Crippen LogP contribution in [0.3, 0.4) is 0 Å². The molecule has 0 aromatic heterocycles. The van der Waals surface area contributed by atoms with Gasteiger partial charge in [-0.2, -0.15) is 0 Å².